The van der Waals surface area contributed by atoms with E-state index in [2.05, 4.69) is 22.0 Å². The van der Waals surface area contributed by atoms with E-state index < -0.39 is 0 Å². The number of thiocarbonyl (C=S) groups is 1. The molecule has 2 aliphatic rings. The van der Waals surface area contributed by atoms with Crippen molar-refractivity contribution >= 4 is 40.3 Å². The van der Waals surface area contributed by atoms with Crippen LogP contribution in [-0.2, 0) is 0 Å². The number of ether oxygens (including phenoxy) is 1. The molecule has 0 unspecified atom stereocenters. The summed E-state index contributed by atoms with van der Waals surface area (Å²) in [6, 6.07) is 12.5. The van der Waals surface area contributed by atoms with Gasteiger partial charge in [-0.3, -0.25) is 20.2 Å². The van der Waals surface area contributed by atoms with Gasteiger partial charge in [-0.2, -0.15) is 0 Å². The Kier molecular flexibility index (Phi) is 9.16. The molecule has 0 aromatic heterocycles. The molecule has 37 heavy (non-hydrogen) atoms. The first kappa shape index (κ1) is 26.7. The van der Waals surface area contributed by atoms with Crippen LogP contribution >= 0.6 is 12.2 Å². The van der Waals surface area contributed by atoms with Gasteiger partial charge in [0.15, 0.2) is 5.11 Å². The molecule has 198 valence electrons. The quantitative estimate of drug-likeness (QED) is 0.231. The maximum absolute atomic E-state index is 12.8. The Morgan fingerprint density at radius 3 is 2.49 bits per heavy atom. The van der Waals surface area contributed by atoms with Gasteiger partial charge in [-0.15, -0.1) is 0 Å². The zero-order valence-corrected chi connectivity index (χ0v) is 22.2. The first-order valence-corrected chi connectivity index (χ1v) is 13.5. The zero-order valence-electron chi connectivity index (χ0n) is 21.4. The number of carbonyl (C=O) groups excluding carboxylic acids is 1. The molecule has 1 amide bonds. The number of carbonyl (C=O) groups is 1. The van der Waals surface area contributed by atoms with E-state index in [-0.39, 0.29) is 16.5 Å². The van der Waals surface area contributed by atoms with E-state index in [1.807, 2.05) is 23.1 Å². The summed E-state index contributed by atoms with van der Waals surface area (Å²) >= 11 is 5.54. The maximum Gasteiger partial charge on any atom is 0.292 e. The zero-order chi connectivity index (χ0) is 26.2. The predicted molar refractivity (Wildman–Crippen MR) is 150 cm³/mol. The van der Waals surface area contributed by atoms with Crippen molar-refractivity contribution < 1.29 is 14.5 Å². The number of nitrogens with zero attached hydrogens (tertiary/aromatic N) is 4. The summed E-state index contributed by atoms with van der Waals surface area (Å²) in [7, 11) is 0. The lowest BCUT2D eigenvalue weighted by Crippen LogP contribution is -2.52. The van der Waals surface area contributed by atoms with E-state index in [1.54, 1.807) is 24.3 Å². The highest BCUT2D eigenvalue weighted by Gasteiger charge is 2.25. The van der Waals surface area contributed by atoms with Crippen molar-refractivity contribution in [3.8, 4) is 5.75 Å². The van der Waals surface area contributed by atoms with Gasteiger partial charge in [0.05, 0.1) is 11.5 Å². The van der Waals surface area contributed by atoms with Gasteiger partial charge in [0.1, 0.15) is 11.4 Å². The molecule has 9 nitrogen and oxygen atoms in total. The fourth-order valence-electron chi connectivity index (χ4n) is 4.73. The van der Waals surface area contributed by atoms with Crippen molar-refractivity contribution in [3.05, 3.63) is 58.1 Å². The molecule has 4 rings (SSSR count). The van der Waals surface area contributed by atoms with Crippen LogP contribution in [-0.4, -0.2) is 66.7 Å². The van der Waals surface area contributed by atoms with Gasteiger partial charge in [0.25, 0.3) is 11.6 Å². The van der Waals surface area contributed by atoms with E-state index in [1.165, 1.54) is 6.42 Å². The Bertz CT molecular complexity index is 1110. The van der Waals surface area contributed by atoms with Crippen molar-refractivity contribution in [3.63, 3.8) is 0 Å². The Morgan fingerprint density at radius 2 is 1.78 bits per heavy atom. The van der Waals surface area contributed by atoms with Crippen LogP contribution in [0.4, 0.5) is 17.1 Å². The largest absolute Gasteiger partial charge is 0.494 e. The van der Waals surface area contributed by atoms with E-state index in [4.69, 9.17) is 17.0 Å². The highest BCUT2D eigenvalue weighted by molar-refractivity contribution is 7.80. The lowest BCUT2D eigenvalue weighted by Gasteiger charge is -2.37. The molecule has 1 N–H and O–H groups in total. The summed E-state index contributed by atoms with van der Waals surface area (Å²) in [4.78, 5) is 30.5. The molecule has 0 radical (unpaired) electrons. The fourth-order valence-corrected chi connectivity index (χ4v) is 5.00. The maximum atomic E-state index is 12.8. The number of nitrogens with one attached hydrogen (secondary N) is 1. The second kappa shape index (κ2) is 12.7. The number of hydrogen-bond acceptors (Lipinski definition) is 7. The summed E-state index contributed by atoms with van der Waals surface area (Å²) in [5.74, 6) is 0.419. The highest BCUT2D eigenvalue weighted by Crippen LogP contribution is 2.34. The van der Waals surface area contributed by atoms with Crippen LogP contribution < -0.4 is 19.9 Å². The predicted octanol–water partition coefficient (Wildman–Crippen LogP) is 4.60. The lowest BCUT2D eigenvalue weighted by atomic mass is 10.1. The Labute approximate surface area is 223 Å². The minimum Gasteiger partial charge on any atom is -0.494 e. The lowest BCUT2D eigenvalue weighted by molar-refractivity contribution is -0.384. The SMILES string of the molecule is CCCCOc1cccc(C(=O)NC(=S)N2CCN(c3ccc([N+](=O)[O-])c(N4CCCCC4)c3)CC2)c1. The van der Waals surface area contributed by atoms with E-state index >= 15 is 0 Å². The third-order valence-corrected chi connectivity index (χ3v) is 7.23. The fraction of sp³-hybridized carbons (Fsp3) is 0.481. The number of anilines is 2. The molecule has 0 saturated carbocycles. The molecule has 2 fully saturated rings. The van der Waals surface area contributed by atoms with E-state index in [0.29, 0.717) is 54.9 Å². The van der Waals surface area contributed by atoms with Crippen LogP contribution in [0.5, 0.6) is 5.75 Å². The topological polar surface area (TPSA) is 91.2 Å². The van der Waals surface area contributed by atoms with Crippen molar-refractivity contribution in [1.29, 1.82) is 0 Å². The molecule has 0 aliphatic carbocycles. The normalized spacial score (nSPS) is 15.9. The number of hydrogen-bond donors (Lipinski definition) is 1. The first-order valence-electron chi connectivity index (χ1n) is 13.1. The van der Waals surface area contributed by atoms with Gasteiger partial charge in [0.2, 0.25) is 0 Å². The minimum absolute atomic E-state index is 0.160. The highest BCUT2D eigenvalue weighted by atomic mass is 32.1. The number of benzene rings is 2. The smallest absolute Gasteiger partial charge is 0.292 e. The molecule has 10 heteroatoms. The standard InChI is InChI=1S/C27H35N5O4S/c1-2-3-18-36-23-9-7-8-21(19-23)26(33)28-27(37)31-16-14-29(15-17-31)22-10-11-24(32(34)35)25(20-22)30-12-5-4-6-13-30/h7-11,19-20H,2-6,12-18H2,1H3,(H,28,33,37). The summed E-state index contributed by atoms with van der Waals surface area (Å²) in [5.41, 5.74) is 2.34. The monoisotopic (exact) mass is 525 g/mol. The number of nitro groups is 1. The molecule has 2 aromatic carbocycles. The van der Waals surface area contributed by atoms with Crippen LogP contribution in [0.3, 0.4) is 0 Å². The van der Waals surface area contributed by atoms with Crippen molar-refractivity contribution in [2.45, 2.75) is 39.0 Å². The van der Waals surface area contributed by atoms with Crippen molar-refractivity contribution in [2.75, 3.05) is 55.7 Å². The van der Waals surface area contributed by atoms with Crippen LogP contribution in [0.1, 0.15) is 49.4 Å². The summed E-state index contributed by atoms with van der Waals surface area (Å²) in [6.45, 7) is 7.12. The van der Waals surface area contributed by atoms with Crippen LogP contribution in [0.15, 0.2) is 42.5 Å². The molecule has 2 aliphatic heterocycles. The second-order valence-corrected chi connectivity index (χ2v) is 9.83. The summed E-state index contributed by atoms with van der Waals surface area (Å²) < 4.78 is 5.71. The van der Waals surface area contributed by atoms with Crippen LogP contribution in [0.2, 0.25) is 0 Å². The number of piperazine rings is 1. The molecule has 2 heterocycles. The van der Waals surface area contributed by atoms with Crippen molar-refractivity contribution in [1.82, 2.24) is 10.2 Å². The molecule has 2 aromatic rings. The third-order valence-electron chi connectivity index (χ3n) is 6.87. The number of amides is 1. The van der Waals surface area contributed by atoms with Crippen LogP contribution in [0, 0.1) is 10.1 Å². The van der Waals surface area contributed by atoms with E-state index in [0.717, 1.165) is 44.5 Å². The van der Waals surface area contributed by atoms with Crippen LogP contribution in [0.25, 0.3) is 0 Å². The van der Waals surface area contributed by atoms with Gasteiger partial charge in [-0.05, 0) is 68.2 Å². The van der Waals surface area contributed by atoms with Gasteiger partial charge in [-0.25, -0.2) is 0 Å². The molecule has 0 spiro atoms. The molecule has 0 bridgehead atoms. The number of unbranched alkanes of at least 4 members (excludes halogenated alkanes) is 1. The number of rotatable bonds is 8. The molecule has 0 atom stereocenters. The van der Waals surface area contributed by atoms with E-state index in [9.17, 15) is 14.9 Å². The number of piperidine rings is 1. The van der Waals surface area contributed by atoms with Gasteiger partial charge >= 0.3 is 0 Å². The van der Waals surface area contributed by atoms with Gasteiger partial charge in [-0.1, -0.05) is 19.4 Å². The Morgan fingerprint density at radius 1 is 1.03 bits per heavy atom. The molecular formula is C27H35N5O4S. The number of nitro benzene ring substituents is 1. The summed E-state index contributed by atoms with van der Waals surface area (Å²) in [6.07, 6.45) is 5.29. The average molecular weight is 526 g/mol. The van der Waals surface area contributed by atoms with Crippen molar-refractivity contribution in [2.24, 2.45) is 0 Å². The second-order valence-electron chi connectivity index (χ2n) is 9.44. The average Bonchev–Trinajstić information content (AvgIpc) is 2.93. The third kappa shape index (κ3) is 6.88. The minimum atomic E-state index is -0.292. The first-order chi connectivity index (χ1) is 18.0. The molecular weight excluding hydrogens is 490 g/mol. The van der Waals surface area contributed by atoms with Gasteiger partial charge in [0, 0.05) is 56.6 Å². The Balaban J connectivity index is 1.34. The molecule has 2 saturated heterocycles. The Hall–Kier alpha value is -3.40. The van der Waals surface area contributed by atoms with Gasteiger partial charge < -0.3 is 19.4 Å². The summed E-state index contributed by atoms with van der Waals surface area (Å²) in [5, 5.41) is 14.9.